The van der Waals surface area contributed by atoms with Gasteiger partial charge in [-0.05, 0) is 44.4 Å². The van der Waals surface area contributed by atoms with E-state index in [9.17, 15) is 9.59 Å². The Morgan fingerprint density at radius 1 is 1.00 bits per heavy atom. The van der Waals surface area contributed by atoms with Crippen LogP contribution in [0.15, 0.2) is 0 Å². The summed E-state index contributed by atoms with van der Waals surface area (Å²) >= 11 is 0. The summed E-state index contributed by atoms with van der Waals surface area (Å²) < 4.78 is 0. The fourth-order valence-corrected chi connectivity index (χ4v) is 3.58. The first-order chi connectivity index (χ1) is 10.2. The van der Waals surface area contributed by atoms with Crippen LogP contribution in [0.5, 0.6) is 0 Å². The van der Waals surface area contributed by atoms with Gasteiger partial charge >= 0.3 is 0 Å². The van der Waals surface area contributed by atoms with Gasteiger partial charge in [-0.3, -0.25) is 15.0 Å². The molecule has 118 valence electrons. The SMILES string of the molecule is C[C@@H]1C[C@H]1C(=O)N1CCCC[C@H]1C(=O)NN1CCCCC1. The third-order valence-electron chi connectivity index (χ3n) is 5.14. The maximum Gasteiger partial charge on any atom is 0.257 e. The molecule has 21 heavy (non-hydrogen) atoms. The third-order valence-corrected chi connectivity index (χ3v) is 5.14. The van der Waals surface area contributed by atoms with Crippen molar-refractivity contribution in [2.75, 3.05) is 19.6 Å². The lowest BCUT2D eigenvalue weighted by Gasteiger charge is -2.37. The number of piperidine rings is 2. The molecule has 2 aliphatic heterocycles. The van der Waals surface area contributed by atoms with Crippen molar-refractivity contribution in [3.63, 3.8) is 0 Å². The minimum atomic E-state index is -0.249. The van der Waals surface area contributed by atoms with E-state index in [1.165, 1.54) is 6.42 Å². The van der Waals surface area contributed by atoms with Gasteiger partial charge in [0, 0.05) is 25.6 Å². The van der Waals surface area contributed by atoms with E-state index in [2.05, 4.69) is 12.3 Å². The largest absolute Gasteiger partial charge is 0.330 e. The number of carbonyl (C=O) groups excluding carboxylic acids is 2. The quantitative estimate of drug-likeness (QED) is 0.859. The van der Waals surface area contributed by atoms with Crippen LogP contribution in [0.2, 0.25) is 0 Å². The van der Waals surface area contributed by atoms with Gasteiger partial charge in [0.25, 0.3) is 5.91 Å². The molecule has 3 rings (SSSR count). The zero-order chi connectivity index (χ0) is 14.8. The molecule has 1 N–H and O–H groups in total. The number of amides is 2. The van der Waals surface area contributed by atoms with E-state index in [1.807, 2.05) is 9.91 Å². The topological polar surface area (TPSA) is 52.7 Å². The molecule has 1 saturated carbocycles. The van der Waals surface area contributed by atoms with Gasteiger partial charge in [-0.2, -0.15) is 0 Å². The number of carbonyl (C=O) groups is 2. The highest BCUT2D eigenvalue weighted by molar-refractivity contribution is 5.89. The molecule has 3 aliphatic rings. The second-order valence-corrected chi connectivity index (χ2v) is 6.89. The third kappa shape index (κ3) is 3.39. The van der Waals surface area contributed by atoms with E-state index in [1.54, 1.807) is 0 Å². The lowest BCUT2D eigenvalue weighted by Crippen LogP contribution is -2.56. The number of rotatable bonds is 3. The summed E-state index contributed by atoms with van der Waals surface area (Å²) in [5.74, 6) is 0.915. The average molecular weight is 293 g/mol. The van der Waals surface area contributed by atoms with Gasteiger partial charge in [-0.15, -0.1) is 0 Å². The molecule has 0 aromatic carbocycles. The number of hydrogen-bond acceptors (Lipinski definition) is 3. The molecule has 0 aromatic heterocycles. The lowest BCUT2D eigenvalue weighted by molar-refractivity contribution is -0.145. The van der Waals surface area contributed by atoms with E-state index in [0.29, 0.717) is 5.92 Å². The molecule has 2 amide bonds. The Morgan fingerprint density at radius 2 is 1.67 bits per heavy atom. The van der Waals surface area contributed by atoms with Crippen molar-refractivity contribution in [1.82, 2.24) is 15.3 Å². The first-order valence-electron chi connectivity index (χ1n) is 8.53. The molecule has 0 spiro atoms. The van der Waals surface area contributed by atoms with Crippen LogP contribution >= 0.6 is 0 Å². The van der Waals surface area contributed by atoms with Gasteiger partial charge in [0.15, 0.2) is 0 Å². The highest BCUT2D eigenvalue weighted by Crippen LogP contribution is 2.40. The van der Waals surface area contributed by atoms with Crippen molar-refractivity contribution < 1.29 is 9.59 Å². The normalized spacial score (nSPS) is 33.6. The molecule has 2 heterocycles. The highest BCUT2D eigenvalue weighted by Gasteiger charge is 2.44. The molecule has 5 heteroatoms. The first-order valence-corrected chi connectivity index (χ1v) is 8.53. The molecule has 3 fully saturated rings. The van der Waals surface area contributed by atoms with Crippen LogP contribution in [0.1, 0.15) is 51.9 Å². The van der Waals surface area contributed by atoms with E-state index in [-0.39, 0.29) is 23.8 Å². The van der Waals surface area contributed by atoms with Crippen LogP contribution in [-0.4, -0.2) is 47.4 Å². The minimum Gasteiger partial charge on any atom is -0.330 e. The van der Waals surface area contributed by atoms with Gasteiger partial charge in [0.2, 0.25) is 5.91 Å². The van der Waals surface area contributed by atoms with Crippen molar-refractivity contribution in [3.8, 4) is 0 Å². The van der Waals surface area contributed by atoms with Crippen LogP contribution < -0.4 is 5.43 Å². The van der Waals surface area contributed by atoms with Crippen LogP contribution in [-0.2, 0) is 9.59 Å². The molecule has 1 aliphatic carbocycles. The van der Waals surface area contributed by atoms with Crippen molar-refractivity contribution in [1.29, 1.82) is 0 Å². The summed E-state index contributed by atoms with van der Waals surface area (Å²) in [6, 6.07) is -0.249. The Hall–Kier alpha value is -1.10. The zero-order valence-electron chi connectivity index (χ0n) is 13.0. The Morgan fingerprint density at radius 3 is 2.33 bits per heavy atom. The van der Waals surface area contributed by atoms with Crippen LogP contribution in [0.4, 0.5) is 0 Å². The molecule has 0 aromatic rings. The van der Waals surface area contributed by atoms with Crippen molar-refractivity contribution in [2.45, 2.75) is 57.9 Å². The molecular weight excluding hydrogens is 266 g/mol. The molecule has 0 bridgehead atoms. The Bertz CT molecular complexity index is 406. The predicted molar refractivity (Wildman–Crippen MR) is 80.2 cm³/mol. The number of nitrogens with one attached hydrogen (secondary N) is 1. The maximum atomic E-state index is 12.6. The summed E-state index contributed by atoms with van der Waals surface area (Å²) in [6.45, 7) is 4.74. The Kier molecular flexibility index (Phi) is 4.48. The van der Waals surface area contributed by atoms with Gasteiger partial charge < -0.3 is 4.90 Å². The van der Waals surface area contributed by atoms with Crippen molar-refractivity contribution >= 4 is 11.8 Å². The predicted octanol–water partition coefficient (Wildman–Crippen LogP) is 1.54. The Labute approximate surface area is 127 Å². The maximum absolute atomic E-state index is 12.6. The van der Waals surface area contributed by atoms with Crippen LogP contribution in [0.3, 0.4) is 0 Å². The standard InChI is InChI=1S/C16H27N3O2/c1-12-11-13(12)16(21)19-10-6-3-7-14(19)15(20)17-18-8-4-2-5-9-18/h12-14H,2-11H2,1H3,(H,17,20)/t12-,13-,14+/m1/s1. The van der Waals surface area contributed by atoms with Crippen LogP contribution in [0, 0.1) is 11.8 Å². The van der Waals surface area contributed by atoms with E-state index in [0.717, 1.165) is 58.2 Å². The van der Waals surface area contributed by atoms with Crippen molar-refractivity contribution in [2.24, 2.45) is 11.8 Å². The molecule has 3 atom stereocenters. The second kappa shape index (κ2) is 6.34. The van der Waals surface area contributed by atoms with Gasteiger partial charge in [-0.1, -0.05) is 13.3 Å². The zero-order valence-corrected chi connectivity index (χ0v) is 13.0. The summed E-state index contributed by atoms with van der Waals surface area (Å²) in [7, 11) is 0. The van der Waals surface area contributed by atoms with E-state index in [4.69, 9.17) is 0 Å². The highest BCUT2D eigenvalue weighted by atomic mass is 16.2. The number of hydrogen-bond donors (Lipinski definition) is 1. The molecule has 2 saturated heterocycles. The number of likely N-dealkylation sites (tertiary alicyclic amines) is 1. The number of nitrogens with zero attached hydrogens (tertiary/aromatic N) is 2. The molecule has 5 nitrogen and oxygen atoms in total. The molecule has 0 radical (unpaired) electrons. The lowest BCUT2D eigenvalue weighted by atomic mass is 10.0. The summed E-state index contributed by atoms with van der Waals surface area (Å²) in [6.07, 6.45) is 7.42. The molecule has 0 unspecified atom stereocenters. The summed E-state index contributed by atoms with van der Waals surface area (Å²) in [5.41, 5.74) is 3.04. The van der Waals surface area contributed by atoms with Crippen LogP contribution in [0.25, 0.3) is 0 Å². The van der Waals surface area contributed by atoms with Gasteiger partial charge in [-0.25, -0.2) is 5.01 Å². The van der Waals surface area contributed by atoms with Crippen molar-refractivity contribution in [3.05, 3.63) is 0 Å². The number of hydrazine groups is 1. The Balaban J connectivity index is 1.60. The van der Waals surface area contributed by atoms with Gasteiger partial charge in [0.05, 0.1) is 0 Å². The smallest absolute Gasteiger partial charge is 0.257 e. The monoisotopic (exact) mass is 293 g/mol. The summed E-state index contributed by atoms with van der Waals surface area (Å²) in [5, 5.41) is 2.03. The summed E-state index contributed by atoms with van der Waals surface area (Å²) in [4.78, 5) is 26.9. The minimum absolute atomic E-state index is 0.0262. The van der Waals surface area contributed by atoms with Gasteiger partial charge in [0.1, 0.15) is 6.04 Å². The average Bonchev–Trinajstić information content (AvgIpc) is 3.24. The second-order valence-electron chi connectivity index (χ2n) is 6.89. The fourth-order valence-electron chi connectivity index (χ4n) is 3.58. The van der Waals surface area contributed by atoms with E-state index < -0.39 is 0 Å². The molecular formula is C16H27N3O2. The van der Waals surface area contributed by atoms with E-state index >= 15 is 0 Å². The fraction of sp³-hybridized carbons (Fsp3) is 0.875. The first kappa shape index (κ1) is 14.8.